The van der Waals surface area contributed by atoms with E-state index in [-0.39, 0.29) is 11.9 Å². The number of hydrogen-bond acceptors (Lipinski definition) is 4. The third kappa shape index (κ3) is 5.00. The number of carbonyl (C=O) groups excluding carboxylic acids is 1. The molecule has 1 amide bonds. The van der Waals surface area contributed by atoms with E-state index in [0.29, 0.717) is 5.75 Å². The summed E-state index contributed by atoms with van der Waals surface area (Å²) in [6.07, 6.45) is 2.29. The van der Waals surface area contributed by atoms with E-state index < -0.39 is 0 Å². The molecule has 5 heteroatoms. The molecule has 0 aliphatic rings. The van der Waals surface area contributed by atoms with Gasteiger partial charge in [-0.25, -0.2) is 9.97 Å². The van der Waals surface area contributed by atoms with Crippen LogP contribution in [0.5, 0.6) is 0 Å². The summed E-state index contributed by atoms with van der Waals surface area (Å²) in [6, 6.07) is 28.1. The first-order valence-electron chi connectivity index (χ1n) is 9.50. The largest absolute Gasteiger partial charge is 0.348 e. The van der Waals surface area contributed by atoms with Gasteiger partial charge in [0, 0.05) is 5.39 Å². The molecule has 0 saturated carbocycles. The first-order chi connectivity index (χ1) is 14.3. The van der Waals surface area contributed by atoms with Crippen LogP contribution in [-0.4, -0.2) is 21.6 Å². The van der Waals surface area contributed by atoms with Crippen LogP contribution in [0.3, 0.4) is 0 Å². The molecule has 4 rings (SSSR count). The monoisotopic (exact) mass is 399 g/mol. The Hall–Kier alpha value is -3.18. The number of aromatic nitrogens is 2. The minimum absolute atomic E-state index is 0.0116. The quantitative estimate of drug-likeness (QED) is 0.357. The third-order valence-corrected chi connectivity index (χ3v) is 5.67. The lowest BCUT2D eigenvalue weighted by Crippen LogP contribution is -2.31. The highest BCUT2D eigenvalue weighted by Gasteiger charge is 2.16. The first-order valence-corrected chi connectivity index (χ1v) is 10.5. The van der Waals surface area contributed by atoms with Gasteiger partial charge in [0.15, 0.2) is 0 Å². The molecule has 4 nitrogen and oxygen atoms in total. The predicted octanol–water partition coefficient (Wildman–Crippen LogP) is 4.82. The minimum atomic E-state index is -0.0751. The van der Waals surface area contributed by atoms with E-state index in [4.69, 9.17) is 0 Å². The predicted molar refractivity (Wildman–Crippen MR) is 118 cm³/mol. The van der Waals surface area contributed by atoms with Gasteiger partial charge in [-0.15, -0.1) is 0 Å². The Kier molecular flexibility index (Phi) is 6.17. The molecule has 3 aromatic carbocycles. The maximum absolute atomic E-state index is 12.8. The maximum Gasteiger partial charge on any atom is 0.230 e. The van der Waals surface area contributed by atoms with Crippen LogP contribution in [-0.2, 0) is 11.2 Å². The van der Waals surface area contributed by atoms with Crippen LogP contribution >= 0.6 is 11.8 Å². The van der Waals surface area contributed by atoms with Gasteiger partial charge < -0.3 is 5.32 Å². The summed E-state index contributed by atoms with van der Waals surface area (Å²) in [5, 5.41) is 4.99. The van der Waals surface area contributed by atoms with Crippen molar-refractivity contribution in [3.05, 3.63) is 102 Å². The molecule has 1 aromatic heterocycles. The molecule has 4 aromatic rings. The Morgan fingerprint density at radius 1 is 0.862 bits per heavy atom. The van der Waals surface area contributed by atoms with Gasteiger partial charge in [-0.2, -0.15) is 0 Å². The van der Waals surface area contributed by atoms with E-state index in [1.54, 1.807) is 6.33 Å². The lowest BCUT2D eigenvalue weighted by molar-refractivity contribution is -0.119. The average Bonchev–Trinajstić information content (AvgIpc) is 2.78. The molecule has 1 heterocycles. The van der Waals surface area contributed by atoms with Gasteiger partial charge in [-0.3, -0.25) is 4.79 Å². The number of hydrogen-bond donors (Lipinski definition) is 1. The zero-order valence-electron chi connectivity index (χ0n) is 15.9. The molecule has 1 unspecified atom stereocenters. The van der Waals surface area contributed by atoms with E-state index in [1.165, 1.54) is 17.3 Å². The number of nitrogens with one attached hydrogen (secondary N) is 1. The highest BCUT2D eigenvalue weighted by Crippen LogP contribution is 2.24. The molecular formula is C24H21N3OS. The Morgan fingerprint density at radius 2 is 1.55 bits per heavy atom. The summed E-state index contributed by atoms with van der Waals surface area (Å²) in [7, 11) is 0. The molecule has 0 saturated heterocycles. The van der Waals surface area contributed by atoms with Crippen LogP contribution in [0.4, 0.5) is 0 Å². The molecule has 0 fully saturated rings. The Morgan fingerprint density at radius 3 is 2.34 bits per heavy atom. The van der Waals surface area contributed by atoms with E-state index in [2.05, 4.69) is 39.6 Å². The summed E-state index contributed by atoms with van der Waals surface area (Å²) in [5.41, 5.74) is 3.18. The molecule has 1 N–H and O–H groups in total. The maximum atomic E-state index is 12.8. The number of thioether (sulfide) groups is 1. The lowest BCUT2D eigenvalue weighted by atomic mass is 9.99. The van der Waals surface area contributed by atoms with Crippen molar-refractivity contribution in [1.29, 1.82) is 0 Å². The van der Waals surface area contributed by atoms with Crippen LogP contribution in [0.1, 0.15) is 17.2 Å². The second-order valence-electron chi connectivity index (χ2n) is 6.71. The summed E-state index contributed by atoms with van der Waals surface area (Å²) in [5.74, 6) is 0.293. The van der Waals surface area contributed by atoms with Crippen LogP contribution in [0.15, 0.2) is 96.3 Å². The number of amides is 1. The van der Waals surface area contributed by atoms with Crippen molar-refractivity contribution in [3.8, 4) is 0 Å². The minimum Gasteiger partial charge on any atom is -0.348 e. The van der Waals surface area contributed by atoms with Crippen LogP contribution < -0.4 is 5.32 Å². The number of rotatable bonds is 7. The Bertz CT molecular complexity index is 1080. The van der Waals surface area contributed by atoms with Crippen LogP contribution in [0, 0.1) is 0 Å². The molecule has 0 aliphatic heterocycles. The van der Waals surface area contributed by atoms with Gasteiger partial charge in [0.2, 0.25) is 5.91 Å². The van der Waals surface area contributed by atoms with E-state index in [9.17, 15) is 4.79 Å². The zero-order chi connectivity index (χ0) is 19.9. The standard InChI is InChI=1S/C24H21N3OS/c28-23(16-29-24-20-13-7-8-14-21(20)25-17-26-24)27-22(19-11-5-2-6-12-19)15-18-9-3-1-4-10-18/h1-14,17,22H,15-16H2,(H,27,28). The van der Waals surface area contributed by atoms with E-state index in [0.717, 1.165) is 27.9 Å². The smallest absolute Gasteiger partial charge is 0.230 e. The van der Waals surface area contributed by atoms with Gasteiger partial charge in [-0.1, -0.05) is 90.6 Å². The van der Waals surface area contributed by atoms with Crippen molar-refractivity contribution in [3.63, 3.8) is 0 Å². The fraction of sp³-hybridized carbons (Fsp3) is 0.125. The third-order valence-electron chi connectivity index (χ3n) is 4.67. The average molecular weight is 400 g/mol. The molecule has 29 heavy (non-hydrogen) atoms. The normalized spacial score (nSPS) is 11.9. The number of benzene rings is 3. The molecular weight excluding hydrogens is 378 g/mol. The molecule has 1 atom stereocenters. The van der Waals surface area contributed by atoms with Gasteiger partial charge in [0.1, 0.15) is 11.4 Å². The number of para-hydroxylation sites is 1. The van der Waals surface area contributed by atoms with E-state index in [1.807, 2.05) is 60.7 Å². The molecule has 0 radical (unpaired) electrons. The molecule has 0 bridgehead atoms. The fourth-order valence-corrected chi connectivity index (χ4v) is 4.05. The second-order valence-corrected chi connectivity index (χ2v) is 7.67. The highest BCUT2D eigenvalue weighted by atomic mass is 32.2. The van der Waals surface area contributed by atoms with Gasteiger partial charge >= 0.3 is 0 Å². The Labute approximate surface area is 174 Å². The van der Waals surface area contributed by atoms with Gasteiger partial charge in [0.25, 0.3) is 0 Å². The summed E-state index contributed by atoms with van der Waals surface area (Å²) < 4.78 is 0. The highest BCUT2D eigenvalue weighted by molar-refractivity contribution is 8.00. The number of fused-ring (bicyclic) bond motifs is 1. The second kappa shape index (κ2) is 9.34. The van der Waals surface area contributed by atoms with Crippen molar-refractivity contribution in [2.75, 3.05) is 5.75 Å². The fourth-order valence-electron chi connectivity index (χ4n) is 3.25. The van der Waals surface area contributed by atoms with Crippen molar-refractivity contribution >= 4 is 28.6 Å². The number of nitrogens with zero attached hydrogens (tertiary/aromatic N) is 2. The van der Waals surface area contributed by atoms with Crippen LogP contribution in [0.25, 0.3) is 10.9 Å². The van der Waals surface area contributed by atoms with Crippen molar-refractivity contribution < 1.29 is 4.79 Å². The molecule has 144 valence electrons. The molecule has 0 aliphatic carbocycles. The number of carbonyl (C=O) groups is 1. The molecule has 0 spiro atoms. The SMILES string of the molecule is O=C(CSc1ncnc2ccccc12)NC(Cc1ccccc1)c1ccccc1. The van der Waals surface area contributed by atoms with E-state index >= 15 is 0 Å². The lowest BCUT2D eigenvalue weighted by Gasteiger charge is -2.19. The Balaban J connectivity index is 1.46. The van der Waals surface area contributed by atoms with Gasteiger partial charge in [-0.05, 0) is 23.6 Å². The zero-order valence-corrected chi connectivity index (χ0v) is 16.7. The van der Waals surface area contributed by atoms with Crippen molar-refractivity contribution in [1.82, 2.24) is 15.3 Å². The topological polar surface area (TPSA) is 54.9 Å². The summed E-state index contributed by atoms with van der Waals surface area (Å²) in [4.78, 5) is 21.4. The van der Waals surface area contributed by atoms with Crippen LogP contribution in [0.2, 0.25) is 0 Å². The summed E-state index contributed by atoms with van der Waals surface area (Å²) in [6.45, 7) is 0. The van der Waals surface area contributed by atoms with Crippen molar-refractivity contribution in [2.24, 2.45) is 0 Å². The first kappa shape index (κ1) is 19.2. The summed E-state index contributed by atoms with van der Waals surface area (Å²) >= 11 is 1.44. The van der Waals surface area contributed by atoms with Gasteiger partial charge in [0.05, 0.1) is 17.3 Å². The van der Waals surface area contributed by atoms with Crippen molar-refractivity contribution in [2.45, 2.75) is 17.5 Å².